The molecule has 0 radical (unpaired) electrons. The number of esters is 3. The molecule has 0 N–H and O–H groups in total. The maximum absolute atomic E-state index is 12.8. The molecule has 0 saturated carbocycles. The first-order valence-electron chi connectivity index (χ1n) is 30.8. The molecule has 0 heterocycles. The lowest BCUT2D eigenvalue weighted by atomic mass is 10.0. The third-order valence-corrected chi connectivity index (χ3v) is 13.5. The Morgan fingerprint density at radius 1 is 0.296 bits per heavy atom. The second-order valence-electron chi connectivity index (χ2n) is 20.6. The van der Waals surface area contributed by atoms with Gasteiger partial charge in [0.25, 0.3) is 0 Å². The van der Waals surface area contributed by atoms with Crippen LogP contribution in [0.25, 0.3) is 0 Å². The van der Waals surface area contributed by atoms with Crippen LogP contribution in [0.15, 0.2) is 60.8 Å². The molecule has 6 nitrogen and oxygen atoms in total. The van der Waals surface area contributed by atoms with Gasteiger partial charge in [-0.05, 0) is 83.5 Å². The Hall–Kier alpha value is -2.89. The van der Waals surface area contributed by atoms with Crippen molar-refractivity contribution in [3.05, 3.63) is 60.8 Å². The van der Waals surface area contributed by atoms with E-state index in [2.05, 4.69) is 81.5 Å². The van der Waals surface area contributed by atoms with Crippen molar-refractivity contribution in [2.75, 3.05) is 13.2 Å². The van der Waals surface area contributed by atoms with Crippen LogP contribution in [0, 0.1) is 0 Å². The van der Waals surface area contributed by atoms with E-state index in [1.54, 1.807) is 0 Å². The standard InChI is InChI=1S/C65H116O6/c1-4-7-10-13-15-17-19-21-23-25-26-27-28-29-30-31-32-33-34-35-36-37-38-40-41-43-45-47-49-52-55-58-64(67)70-61-62(60-69-63(66)57-54-51-12-9-6-3)71-65(68)59-56-53-50-48-46-44-42-39-24-22-20-18-16-14-11-8-5-2/h8,11,16,18,22,24-26,42,44,62H,4-7,9-10,12-15,17,19-21,23,27-41,43,45-61H2,1-3H3/b11-8-,18-16-,24-22-,26-25-,44-42-. The minimum atomic E-state index is -0.782. The lowest BCUT2D eigenvalue weighted by Gasteiger charge is -2.18. The van der Waals surface area contributed by atoms with Crippen LogP contribution in [-0.2, 0) is 28.6 Å². The Morgan fingerprint density at radius 2 is 0.549 bits per heavy atom. The van der Waals surface area contributed by atoms with Gasteiger partial charge in [0.2, 0.25) is 0 Å². The Morgan fingerprint density at radius 3 is 0.873 bits per heavy atom. The average molecular weight is 994 g/mol. The van der Waals surface area contributed by atoms with Gasteiger partial charge in [0.1, 0.15) is 13.2 Å². The number of hydrogen-bond acceptors (Lipinski definition) is 6. The third-order valence-electron chi connectivity index (χ3n) is 13.5. The predicted octanol–water partition coefficient (Wildman–Crippen LogP) is 20.8. The number of hydrogen-bond donors (Lipinski definition) is 0. The lowest BCUT2D eigenvalue weighted by molar-refractivity contribution is -0.167. The summed E-state index contributed by atoms with van der Waals surface area (Å²) in [6.45, 7) is 6.45. The Bertz CT molecular complexity index is 1280. The van der Waals surface area contributed by atoms with Crippen molar-refractivity contribution >= 4 is 17.9 Å². The highest BCUT2D eigenvalue weighted by Gasteiger charge is 2.19. The first kappa shape index (κ1) is 68.1. The number of unbranched alkanes of at least 4 members (excludes halogenated alkanes) is 35. The van der Waals surface area contributed by atoms with Crippen LogP contribution >= 0.6 is 0 Å². The fraction of sp³-hybridized carbons (Fsp3) is 0.800. The van der Waals surface area contributed by atoms with E-state index in [-0.39, 0.29) is 31.1 Å². The van der Waals surface area contributed by atoms with Gasteiger partial charge in [0, 0.05) is 19.3 Å². The van der Waals surface area contributed by atoms with E-state index in [0.29, 0.717) is 19.3 Å². The van der Waals surface area contributed by atoms with Gasteiger partial charge in [0.05, 0.1) is 0 Å². The molecule has 0 saturated heterocycles. The van der Waals surface area contributed by atoms with Gasteiger partial charge in [-0.25, -0.2) is 0 Å². The fourth-order valence-corrected chi connectivity index (χ4v) is 8.90. The zero-order valence-electron chi connectivity index (χ0n) is 47.2. The maximum atomic E-state index is 12.8. The molecule has 0 bridgehead atoms. The van der Waals surface area contributed by atoms with Crippen molar-refractivity contribution in [3.8, 4) is 0 Å². The predicted molar refractivity (Wildman–Crippen MR) is 307 cm³/mol. The van der Waals surface area contributed by atoms with Crippen LogP contribution in [0.5, 0.6) is 0 Å². The summed E-state index contributed by atoms with van der Waals surface area (Å²) in [5.41, 5.74) is 0. The molecule has 1 atom stereocenters. The summed E-state index contributed by atoms with van der Waals surface area (Å²) in [5, 5.41) is 0. The SMILES string of the molecule is CC/C=C\C/C=C\C/C=C\C/C=C\CCCCCCC(=O)OC(COC(=O)CCCCCCC)COC(=O)CCCCCCCCCCCCCCCCCCCCC/C=C\CCCCCCCCCC. The number of carbonyl (C=O) groups excluding carboxylic acids is 3. The molecule has 0 fully saturated rings. The number of ether oxygens (including phenoxy) is 3. The largest absolute Gasteiger partial charge is 0.462 e. The van der Waals surface area contributed by atoms with Gasteiger partial charge in [-0.3, -0.25) is 14.4 Å². The quantitative estimate of drug-likeness (QED) is 0.0261. The van der Waals surface area contributed by atoms with Crippen LogP contribution < -0.4 is 0 Å². The summed E-state index contributed by atoms with van der Waals surface area (Å²) in [6.07, 6.45) is 75.8. The summed E-state index contributed by atoms with van der Waals surface area (Å²) in [5.74, 6) is -0.910. The van der Waals surface area contributed by atoms with E-state index in [0.717, 1.165) is 103 Å². The molecule has 0 aliphatic carbocycles. The molecule has 0 aliphatic heterocycles. The van der Waals surface area contributed by atoms with Gasteiger partial charge >= 0.3 is 17.9 Å². The van der Waals surface area contributed by atoms with Crippen LogP contribution in [-0.4, -0.2) is 37.2 Å². The summed E-state index contributed by atoms with van der Waals surface area (Å²) in [4.78, 5) is 37.8. The van der Waals surface area contributed by atoms with Gasteiger partial charge in [0.15, 0.2) is 6.10 Å². The highest BCUT2D eigenvalue weighted by Crippen LogP contribution is 2.17. The minimum Gasteiger partial charge on any atom is -0.462 e. The topological polar surface area (TPSA) is 78.9 Å². The van der Waals surface area contributed by atoms with Crippen molar-refractivity contribution in [3.63, 3.8) is 0 Å². The number of allylic oxidation sites excluding steroid dienone is 10. The van der Waals surface area contributed by atoms with Gasteiger partial charge < -0.3 is 14.2 Å². The monoisotopic (exact) mass is 993 g/mol. The summed E-state index contributed by atoms with van der Waals surface area (Å²) >= 11 is 0. The number of carbonyl (C=O) groups is 3. The highest BCUT2D eigenvalue weighted by molar-refractivity contribution is 5.71. The second-order valence-corrected chi connectivity index (χ2v) is 20.6. The first-order chi connectivity index (χ1) is 35.0. The van der Waals surface area contributed by atoms with Crippen molar-refractivity contribution in [1.29, 1.82) is 0 Å². The van der Waals surface area contributed by atoms with Crippen molar-refractivity contribution < 1.29 is 28.6 Å². The van der Waals surface area contributed by atoms with Crippen molar-refractivity contribution in [2.45, 2.75) is 322 Å². The lowest BCUT2D eigenvalue weighted by Crippen LogP contribution is -2.30. The number of rotatable bonds is 56. The highest BCUT2D eigenvalue weighted by atomic mass is 16.6. The fourth-order valence-electron chi connectivity index (χ4n) is 8.90. The summed E-state index contributed by atoms with van der Waals surface area (Å²) in [7, 11) is 0. The summed E-state index contributed by atoms with van der Waals surface area (Å²) < 4.78 is 16.7. The molecular weight excluding hydrogens is 877 g/mol. The molecule has 412 valence electrons. The molecule has 0 aliphatic rings. The smallest absolute Gasteiger partial charge is 0.306 e. The van der Waals surface area contributed by atoms with E-state index in [1.807, 2.05) is 0 Å². The Balaban J connectivity index is 3.96. The zero-order chi connectivity index (χ0) is 51.4. The maximum Gasteiger partial charge on any atom is 0.306 e. The molecule has 0 rings (SSSR count). The molecule has 0 spiro atoms. The van der Waals surface area contributed by atoms with Crippen LogP contribution in [0.3, 0.4) is 0 Å². The molecular formula is C65H116O6. The molecule has 71 heavy (non-hydrogen) atoms. The second kappa shape index (κ2) is 59.7. The van der Waals surface area contributed by atoms with E-state index in [4.69, 9.17) is 14.2 Å². The molecule has 0 aromatic rings. The van der Waals surface area contributed by atoms with Crippen LogP contribution in [0.4, 0.5) is 0 Å². The van der Waals surface area contributed by atoms with Gasteiger partial charge in [-0.2, -0.15) is 0 Å². The summed E-state index contributed by atoms with van der Waals surface area (Å²) in [6, 6.07) is 0. The van der Waals surface area contributed by atoms with E-state index < -0.39 is 6.10 Å². The first-order valence-corrected chi connectivity index (χ1v) is 30.8. The third kappa shape index (κ3) is 57.9. The minimum absolute atomic E-state index is 0.0821. The van der Waals surface area contributed by atoms with E-state index in [1.165, 1.54) is 173 Å². The molecule has 0 aromatic heterocycles. The van der Waals surface area contributed by atoms with Crippen molar-refractivity contribution in [1.82, 2.24) is 0 Å². The van der Waals surface area contributed by atoms with Gasteiger partial charge in [-0.1, -0.05) is 274 Å². The molecule has 0 aromatic carbocycles. The van der Waals surface area contributed by atoms with E-state index in [9.17, 15) is 14.4 Å². The Labute approximate surface area is 440 Å². The Kier molecular flexibility index (Phi) is 57.2. The van der Waals surface area contributed by atoms with Gasteiger partial charge in [-0.15, -0.1) is 0 Å². The molecule has 0 amide bonds. The normalized spacial score (nSPS) is 12.4. The van der Waals surface area contributed by atoms with Crippen molar-refractivity contribution in [2.24, 2.45) is 0 Å². The molecule has 6 heteroatoms. The zero-order valence-corrected chi connectivity index (χ0v) is 47.2. The van der Waals surface area contributed by atoms with E-state index >= 15 is 0 Å². The average Bonchev–Trinajstić information content (AvgIpc) is 3.37. The molecule has 1 unspecified atom stereocenters. The van der Waals surface area contributed by atoms with Crippen LogP contribution in [0.2, 0.25) is 0 Å². The van der Waals surface area contributed by atoms with Crippen LogP contribution in [0.1, 0.15) is 316 Å².